The highest BCUT2D eigenvalue weighted by Crippen LogP contribution is 2.46. The number of nitrogens with two attached hydrogens (primary N) is 1. The van der Waals surface area contributed by atoms with E-state index in [1.165, 1.54) is 26.1 Å². The first-order chi connectivity index (χ1) is 57.6. The van der Waals surface area contributed by atoms with Crippen molar-refractivity contribution < 1.29 is 74.7 Å². The molecule has 684 valence electrons. The molecule has 124 heavy (non-hydrogen) atoms. The summed E-state index contributed by atoms with van der Waals surface area (Å²) in [6, 6.07) is 5.02. The van der Waals surface area contributed by atoms with E-state index in [0.29, 0.717) is 110 Å². The Morgan fingerprint density at radius 1 is 0.435 bits per heavy atom. The van der Waals surface area contributed by atoms with Gasteiger partial charge in [0.05, 0.1) is 59.3 Å². The summed E-state index contributed by atoms with van der Waals surface area (Å²) in [5, 5.41) is 106. The number of aromatic nitrogens is 17. The summed E-state index contributed by atoms with van der Waals surface area (Å²) in [6.45, 7) is 22.1. The third-order valence-electron chi connectivity index (χ3n) is 22.3. The molecule has 10 aromatic rings. The van der Waals surface area contributed by atoms with E-state index in [9.17, 15) is 65.4 Å². The van der Waals surface area contributed by atoms with Gasteiger partial charge in [-0.25, -0.2) is 29.9 Å². The fraction of sp³-hybridized carbons (Fsp3) is 0.588. The fourth-order valence-corrected chi connectivity index (χ4v) is 20.6. The predicted octanol–water partition coefficient (Wildman–Crippen LogP) is 4.64. The lowest BCUT2D eigenvalue weighted by atomic mass is 10.1. The zero-order valence-corrected chi connectivity index (χ0v) is 79.4. The predicted molar refractivity (Wildman–Crippen MR) is 505 cm³/mol. The fourth-order valence-electron chi connectivity index (χ4n) is 15.3. The van der Waals surface area contributed by atoms with Crippen molar-refractivity contribution >= 4 is 158 Å². The molecule has 15 rings (SSSR count). The number of imidazole rings is 2. The number of nitrogen functional groups attached to an aromatic ring is 1. The number of ether oxygens (including phenoxy) is 5. The van der Waals surface area contributed by atoms with Crippen molar-refractivity contribution in [3.8, 4) is 0 Å². The largest absolute Gasteiger partial charge is 0.388 e. The van der Waals surface area contributed by atoms with Gasteiger partial charge in [-0.2, -0.15) is 4.98 Å². The Labute approximate surface area is 729 Å². The number of hydrogen-bond donors (Lipinski definition) is 15. The molecule has 5 aliphatic rings. The molecule has 0 bridgehead atoms. The molecule has 0 saturated carbocycles. The van der Waals surface area contributed by atoms with Crippen LogP contribution in [0.5, 0.6) is 0 Å². The molecule has 15 heterocycles. The number of aliphatic hydroxyl groups is 10. The first kappa shape index (κ1) is 97.9. The van der Waals surface area contributed by atoms with Gasteiger partial charge in [-0.1, -0.05) is 24.4 Å². The number of aryl methyl sites for hydroxylation is 4. The Hall–Kier alpha value is -6.70. The molecule has 44 heteroatoms. The lowest BCUT2D eigenvalue weighted by Gasteiger charge is -2.19. The average Bonchev–Trinajstić information content (AvgIpc) is 1.63. The van der Waals surface area contributed by atoms with Gasteiger partial charge >= 0.3 is 0 Å². The number of aromatic amines is 4. The van der Waals surface area contributed by atoms with Crippen LogP contribution in [-0.4, -0.2) is 368 Å². The maximum atomic E-state index is 12.4. The SMILES string of the molecule is C=P(C)(C)CC[C@H]1OC(n2c(N)cc3c(=O)[nH]c(C)nc32)[C@H](O)[C@@H]1O.C=P(C)(C)CC[C@H]1OC(n2ccc3c(=O)n(C)c(C)nc32)[C@H](O)[C@@H]1O.C=P(C)(C)CC[C@H]1OC(n2ccc3c(=S)nc(C)[nH]c32)[C@H](O)[C@@H]1O.C=P(C)(C)CC[C@H]1OC(n2cnc3c(=O)[nH]c(N(C)C)nc32)[C@H](O)[C@@H]1O.C=P(C)(C)CC[C@H]1OC(n2cnc3c(=S)nc(C)[nH]c32)[C@H](O)[C@@H]1O. The average molecular weight is 1860 g/mol. The highest BCUT2D eigenvalue weighted by atomic mass is 32.1. The van der Waals surface area contributed by atoms with Crippen LogP contribution >= 0.6 is 58.9 Å². The summed E-state index contributed by atoms with van der Waals surface area (Å²) in [5.41, 5.74) is 8.41. The van der Waals surface area contributed by atoms with Gasteiger partial charge in [0, 0.05) is 33.5 Å². The topological polar surface area (TPSA) is 512 Å². The molecule has 20 atom stereocenters. The second kappa shape index (κ2) is 38.5. The van der Waals surface area contributed by atoms with E-state index in [1.54, 1.807) is 85.3 Å². The lowest BCUT2D eigenvalue weighted by Crippen LogP contribution is -2.32. The number of anilines is 2. The van der Waals surface area contributed by atoms with Crippen molar-refractivity contribution in [2.24, 2.45) is 7.05 Å². The van der Waals surface area contributed by atoms with Crippen molar-refractivity contribution in [2.45, 2.75) is 182 Å². The van der Waals surface area contributed by atoms with E-state index >= 15 is 0 Å². The van der Waals surface area contributed by atoms with Crippen LogP contribution in [0.1, 0.15) is 86.5 Å². The number of fused-ring (bicyclic) bond motifs is 5. The van der Waals surface area contributed by atoms with Crippen molar-refractivity contribution in [3.63, 3.8) is 0 Å². The van der Waals surface area contributed by atoms with Gasteiger partial charge in [-0.05, 0) is 175 Å². The zero-order chi connectivity index (χ0) is 91.5. The molecular formula is C80H124N19O18P5S2. The normalized spacial score (nSPS) is 27.3. The number of nitrogens with zero attached hydrogens (tertiary/aromatic N) is 14. The van der Waals surface area contributed by atoms with Crippen LogP contribution in [0.2, 0.25) is 0 Å². The Bertz CT molecular complexity index is 5960. The third kappa shape index (κ3) is 22.4. The quantitative estimate of drug-likeness (QED) is 0.0344. The van der Waals surface area contributed by atoms with Crippen molar-refractivity contribution in [1.29, 1.82) is 0 Å². The van der Waals surface area contributed by atoms with Crippen LogP contribution in [0.15, 0.2) is 57.6 Å². The van der Waals surface area contributed by atoms with Crippen LogP contribution in [0.4, 0.5) is 11.8 Å². The summed E-state index contributed by atoms with van der Waals surface area (Å²) in [7, 11) is 5.19. The molecule has 5 unspecified atom stereocenters. The Morgan fingerprint density at radius 2 is 0.815 bits per heavy atom. The first-order valence-corrected chi connectivity index (χ1v) is 56.7. The van der Waals surface area contributed by atoms with Gasteiger partial charge in [-0.15, -0.1) is 65.9 Å². The molecule has 10 aromatic heterocycles. The van der Waals surface area contributed by atoms with Crippen LogP contribution in [0.3, 0.4) is 0 Å². The Kier molecular flexibility index (Phi) is 30.4. The van der Waals surface area contributed by atoms with Crippen LogP contribution < -0.4 is 27.3 Å². The molecule has 16 N–H and O–H groups in total. The second-order valence-corrected chi connectivity index (χ2v) is 58.8. The Balaban J connectivity index is 0.000000151. The molecular weight excluding hydrogens is 1730 g/mol. The van der Waals surface area contributed by atoms with E-state index < -0.39 is 157 Å². The third-order valence-corrected chi connectivity index (χ3v) is 30.2. The minimum atomic E-state index is -1.27. The number of aliphatic hydroxyl groups excluding tert-OH is 10. The van der Waals surface area contributed by atoms with Crippen LogP contribution in [0, 0.1) is 37.0 Å². The number of hydrogen-bond acceptors (Lipinski definition) is 29. The highest BCUT2D eigenvalue weighted by Gasteiger charge is 2.49. The summed E-state index contributed by atoms with van der Waals surface area (Å²) in [4.78, 5) is 79.8. The highest BCUT2D eigenvalue weighted by molar-refractivity contribution is 7.73. The number of rotatable bonds is 21. The summed E-state index contributed by atoms with van der Waals surface area (Å²) >= 11 is 10.5. The number of H-pyrrole nitrogens is 4. The molecule has 5 aliphatic heterocycles. The first-order valence-electron chi connectivity index (χ1n) is 40.6. The smallest absolute Gasteiger partial charge is 0.280 e. The maximum absolute atomic E-state index is 12.4. The van der Waals surface area contributed by atoms with Gasteiger partial charge in [-0.3, -0.25) is 37.6 Å². The van der Waals surface area contributed by atoms with Crippen molar-refractivity contribution in [2.75, 3.05) is 122 Å². The molecule has 0 radical (unpaired) electrons. The monoisotopic (exact) mass is 1860 g/mol. The summed E-state index contributed by atoms with van der Waals surface area (Å²) in [5.74, 6) is 2.98. The second-order valence-electron chi connectivity index (χ2n) is 36.5. The minimum Gasteiger partial charge on any atom is -0.388 e. The molecule has 0 aromatic carbocycles. The molecule has 0 spiro atoms. The molecule has 5 saturated heterocycles. The molecule has 0 aliphatic carbocycles. The van der Waals surface area contributed by atoms with Gasteiger partial charge in [0.2, 0.25) is 5.95 Å². The summed E-state index contributed by atoms with van der Waals surface area (Å²) < 4.78 is 40.2. The minimum absolute atomic E-state index is 0.144. The van der Waals surface area contributed by atoms with E-state index in [2.05, 4.69) is 153 Å². The summed E-state index contributed by atoms with van der Waals surface area (Å²) in [6.07, 6.45) is 18.5. The van der Waals surface area contributed by atoms with Crippen LogP contribution in [-0.2, 0) is 30.7 Å². The number of nitrogens with one attached hydrogen (secondary N) is 4. The molecule has 37 nitrogen and oxygen atoms in total. The van der Waals surface area contributed by atoms with Gasteiger partial charge in [0.1, 0.15) is 117 Å². The van der Waals surface area contributed by atoms with E-state index in [4.69, 9.17) is 53.9 Å². The van der Waals surface area contributed by atoms with Crippen molar-refractivity contribution in [1.82, 2.24) is 82.2 Å². The van der Waals surface area contributed by atoms with E-state index in [1.807, 2.05) is 13.0 Å². The van der Waals surface area contributed by atoms with Gasteiger partial charge in [0.25, 0.3) is 16.7 Å². The van der Waals surface area contributed by atoms with Gasteiger partial charge in [0.15, 0.2) is 52.6 Å². The van der Waals surface area contributed by atoms with Crippen LogP contribution in [0.25, 0.3) is 55.4 Å². The molecule has 5 fully saturated rings. The molecule has 0 amide bonds. The maximum Gasteiger partial charge on any atom is 0.280 e. The van der Waals surface area contributed by atoms with E-state index in [-0.39, 0.29) is 28.0 Å². The lowest BCUT2D eigenvalue weighted by molar-refractivity contribution is -0.0353. The standard InChI is InChI=1S/C17H26N3O4P.C16H26N5O4P.C16H25N4O4P.C16H24N3O3PS.C15H23N4O3PS/c1-10-18-15-11(16(23)19(10)2)6-8-20(15)17-14(22)13(21)12(24-17)7-9-25(3,4)5;1-20(2)16-18-13-10(14(24)19-16)17-8-21(13)15-12(23)11(22)9(25-15)6-7-26(3,4)5;1-8-18-14-9(15(23)19-8)7-11(17)20(14)16-13(22)12(21)10(24-16)5-6-25(2,3)4;1-9-17-14-10(15(24)18-9)5-7-19(14)16-13(21)12(20)11(22-16)6-8-23(2,3)4;1-8-17-13-10(14(24)18-8)16-7-19(13)15-12(21)11(20)9(22-15)5-6-23(2,3)4/h6,8,12-14,17,21-22H,3,7,9H2,1-2,4-5H3;8-9,11-12,15,22-23H,3,6-7H2,1-2,4-5H3,(H,18,19,24);7,10,12-13,16,21-22H,2,5-6,17H2,1,3-4H3,(H,18,19,23);5,7,11-13,16,20-21H,2,6,8H2,1,3-4H3,(H,17,18,24);7,9,11-12,15,20-21H,2,5-6H2,1,3-4H3,(H,17,18,24)/t12-,13-,14-,17?;9-,11-,12-,15?;10-,12-,13-,16?;11-,12-,13-,16?;9-,11-,12-,15?/m11111/s1. The van der Waals surface area contributed by atoms with Crippen molar-refractivity contribution in [3.05, 3.63) is 107 Å². The van der Waals surface area contributed by atoms with Gasteiger partial charge < -0.3 is 109 Å². The zero-order valence-electron chi connectivity index (χ0n) is 73.3. The Morgan fingerprint density at radius 3 is 1.27 bits per heavy atom. The van der Waals surface area contributed by atoms with E-state index in [0.717, 1.165) is 41.8 Å².